The van der Waals surface area contributed by atoms with E-state index in [2.05, 4.69) is 20.7 Å². The van der Waals surface area contributed by atoms with E-state index in [0.29, 0.717) is 23.2 Å². The van der Waals surface area contributed by atoms with E-state index in [4.69, 9.17) is 4.98 Å². The van der Waals surface area contributed by atoms with Crippen molar-refractivity contribution in [3.8, 4) is 0 Å². The van der Waals surface area contributed by atoms with E-state index >= 15 is 0 Å². The standard InChI is InChI=1S/C21H28N6O3S/c1-3-14-12-22-27-19(14)25-20(24-18-7-5-4-6-15(18)13-28)26-21(27)23-16-8-10-17(11-9-16)31(2,29)30/h8-12,15,18,28H,3-7,13H2,1-2H3,(H2,23,24,25,26). The first kappa shape index (κ1) is 21.5. The van der Waals surface area contributed by atoms with Gasteiger partial charge in [-0.3, -0.25) is 0 Å². The normalized spacial score (nSPS) is 19.5. The Morgan fingerprint density at radius 3 is 2.58 bits per heavy atom. The molecule has 2 unspecified atom stereocenters. The highest BCUT2D eigenvalue weighted by Gasteiger charge is 2.25. The predicted molar refractivity (Wildman–Crippen MR) is 119 cm³/mol. The zero-order valence-electron chi connectivity index (χ0n) is 17.7. The molecule has 1 fully saturated rings. The molecule has 0 bridgehead atoms. The fourth-order valence-corrected chi connectivity index (χ4v) is 4.64. The molecule has 4 rings (SSSR count). The van der Waals surface area contributed by atoms with E-state index in [9.17, 15) is 13.5 Å². The van der Waals surface area contributed by atoms with E-state index in [1.807, 2.05) is 6.92 Å². The molecule has 3 N–H and O–H groups in total. The van der Waals surface area contributed by atoms with E-state index in [0.717, 1.165) is 37.7 Å². The number of nitrogens with zero attached hydrogens (tertiary/aromatic N) is 4. The summed E-state index contributed by atoms with van der Waals surface area (Å²) in [5.41, 5.74) is 2.41. The van der Waals surface area contributed by atoms with Crippen molar-refractivity contribution in [2.24, 2.45) is 5.92 Å². The summed E-state index contributed by atoms with van der Waals surface area (Å²) in [4.78, 5) is 9.60. The molecule has 0 aliphatic heterocycles. The molecule has 2 heterocycles. The van der Waals surface area contributed by atoms with Crippen LogP contribution in [-0.4, -0.2) is 52.0 Å². The van der Waals surface area contributed by atoms with Gasteiger partial charge in [0.2, 0.25) is 11.9 Å². The molecule has 1 aromatic carbocycles. The van der Waals surface area contributed by atoms with Crippen LogP contribution in [0.25, 0.3) is 5.65 Å². The predicted octanol–water partition coefficient (Wildman–Crippen LogP) is 2.80. The van der Waals surface area contributed by atoms with Crippen LogP contribution >= 0.6 is 0 Å². The van der Waals surface area contributed by atoms with Gasteiger partial charge in [0.15, 0.2) is 15.5 Å². The molecule has 10 heteroatoms. The maximum atomic E-state index is 11.7. The van der Waals surface area contributed by atoms with Crippen LogP contribution in [0.3, 0.4) is 0 Å². The number of hydrogen-bond acceptors (Lipinski definition) is 8. The fourth-order valence-electron chi connectivity index (χ4n) is 4.01. The Balaban J connectivity index is 1.68. The van der Waals surface area contributed by atoms with Gasteiger partial charge in [-0.25, -0.2) is 8.42 Å². The number of rotatable bonds is 7. The van der Waals surface area contributed by atoms with Crippen molar-refractivity contribution in [3.05, 3.63) is 36.0 Å². The van der Waals surface area contributed by atoms with E-state index < -0.39 is 9.84 Å². The van der Waals surface area contributed by atoms with Crippen LogP contribution in [0, 0.1) is 5.92 Å². The summed E-state index contributed by atoms with van der Waals surface area (Å²) in [6.07, 6.45) is 7.94. The van der Waals surface area contributed by atoms with Crippen LogP contribution in [0.2, 0.25) is 0 Å². The summed E-state index contributed by atoms with van der Waals surface area (Å²) in [6, 6.07) is 6.64. The second-order valence-electron chi connectivity index (χ2n) is 8.03. The van der Waals surface area contributed by atoms with Gasteiger partial charge in [0.05, 0.1) is 11.1 Å². The van der Waals surface area contributed by atoms with Crippen molar-refractivity contribution in [1.29, 1.82) is 0 Å². The molecule has 166 valence electrons. The summed E-state index contributed by atoms with van der Waals surface area (Å²) < 4.78 is 25.1. The number of aryl methyl sites for hydroxylation is 1. The first-order valence-corrected chi connectivity index (χ1v) is 12.5. The molecule has 1 saturated carbocycles. The Morgan fingerprint density at radius 2 is 1.90 bits per heavy atom. The molecule has 0 amide bonds. The van der Waals surface area contributed by atoms with Crippen LogP contribution in [-0.2, 0) is 16.3 Å². The third-order valence-electron chi connectivity index (χ3n) is 5.82. The smallest absolute Gasteiger partial charge is 0.233 e. The lowest BCUT2D eigenvalue weighted by Crippen LogP contribution is -2.35. The highest BCUT2D eigenvalue weighted by molar-refractivity contribution is 7.90. The molecular weight excluding hydrogens is 416 g/mol. The molecule has 0 radical (unpaired) electrons. The number of nitrogens with one attached hydrogen (secondary N) is 2. The van der Waals surface area contributed by atoms with Crippen LogP contribution in [0.4, 0.5) is 17.6 Å². The average molecular weight is 445 g/mol. The zero-order valence-corrected chi connectivity index (χ0v) is 18.6. The SMILES string of the molecule is CCc1cnn2c(Nc3ccc(S(C)(=O)=O)cc3)nc(NC3CCCCC3CO)nc12. The minimum atomic E-state index is -3.26. The zero-order chi connectivity index (χ0) is 22.0. The van der Waals surface area contributed by atoms with Gasteiger partial charge < -0.3 is 15.7 Å². The number of sulfone groups is 1. The topological polar surface area (TPSA) is 122 Å². The quantitative estimate of drug-likeness (QED) is 0.509. The second-order valence-corrected chi connectivity index (χ2v) is 10.0. The van der Waals surface area contributed by atoms with Crippen LogP contribution in [0.15, 0.2) is 35.4 Å². The molecule has 0 spiro atoms. The highest BCUT2D eigenvalue weighted by Crippen LogP contribution is 2.27. The Labute approximate surface area is 181 Å². The van der Waals surface area contributed by atoms with Gasteiger partial charge in [-0.1, -0.05) is 19.8 Å². The largest absolute Gasteiger partial charge is 0.396 e. The Hall–Kier alpha value is -2.72. The van der Waals surface area contributed by atoms with Gasteiger partial charge in [0.1, 0.15) is 0 Å². The lowest BCUT2D eigenvalue weighted by Gasteiger charge is -2.30. The van der Waals surface area contributed by atoms with Crippen molar-refractivity contribution < 1.29 is 13.5 Å². The fraction of sp³-hybridized carbons (Fsp3) is 0.476. The molecule has 3 aromatic rings. The minimum Gasteiger partial charge on any atom is -0.396 e. The number of benzene rings is 1. The molecule has 9 nitrogen and oxygen atoms in total. The molecule has 2 atom stereocenters. The van der Waals surface area contributed by atoms with E-state index in [1.165, 1.54) is 6.26 Å². The van der Waals surface area contributed by atoms with Crippen molar-refractivity contribution in [3.63, 3.8) is 0 Å². The lowest BCUT2D eigenvalue weighted by atomic mass is 9.85. The minimum absolute atomic E-state index is 0.121. The van der Waals surface area contributed by atoms with Crippen molar-refractivity contribution in [2.45, 2.75) is 50.0 Å². The van der Waals surface area contributed by atoms with E-state index in [-0.39, 0.29) is 23.5 Å². The van der Waals surface area contributed by atoms with Crippen LogP contribution < -0.4 is 10.6 Å². The third-order valence-corrected chi connectivity index (χ3v) is 6.95. The van der Waals surface area contributed by atoms with Gasteiger partial charge in [-0.15, -0.1) is 0 Å². The molecule has 1 aliphatic rings. The van der Waals surface area contributed by atoms with Gasteiger partial charge in [0, 0.05) is 36.1 Å². The first-order valence-electron chi connectivity index (χ1n) is 10.6. The summed E-state index contributed by atoms with van der Waals surface area (Å²) in [6.45, 7) is 2.19. The van der Waals surface area contributed by atoms with Crippen molar-refractivity contribution >= 4 is 33.1 Å². The molecule has 2 aromatic heterocycles. The van der Waals surface area contributed by atoms with Crippen LogP contribution in [0.1, 0.15) is 38.2 Å². The Kier molecular flexibility index (Phi) is 6.10. The lowest BCUT2D eigenvalue weighted by molar-refractivity contribution is 0.178. The molecular formula is C21H28N6O3S. The number of aliphatic hydroxyl groups excluding tert-OH is 1. The molecule has 1 aliphatic carbocycles. The van der Waals surface area contributed by atoms with Crippen molar-refractivity contribution in [1.82, 2.24) is 19.6 Å². The molecule has 0 saturated heterocycles. The maximum absolute atomic E-state index is 11.7. The van der Waals surface area contributed by atoms with Crippen molar-refractivity contribution in [2.75, 3.05) is 23.5 Å². The summed E-state index contributed by atoms with van der Waals surface area (Å²) in [5, 5.41) is 20.8. The van der Waals surface area contributed by atoms with Gasteiger partial charge in [0.25, 0.3) is 0 Å². The number of anilines is 3. The number of hydrogen-bond donors (Lipinski definition) is 3. The number of aliphatic hydroxyl groups is 1. The third kappa shape index (κ3) is 4.64. The summed E-state index contributed by atoms with van der Waals surface area (Å²) in [7, 11) is -3.26. The number of fused-ring (bicyclic) bond motifs is 1. The average Bonchev–Trinajstić information content (AvgIpc) is 3.17. The van der Waals surface area contributed by atoms with Crippen LogP contribution in [0.5, 0.6) is 0 Å². The first-order chi connectivity index (χ1) is 14.9. The monoisotopic (exact) mass is 444 g/mol. The maximum Gasteiger partial charge on any atom is 0.233 e. The van der Waals surface area contributed by atoms with Gasteiger partial charge in [-0.05, 0) is 43.5 Å². The highest BCUT2D eigenvalue weighted by atomic mass is 32.2. The van der Waals surface area contributed by atoms with Gasteiger partial charge >= 0.3 is 0 Å². The Bertz CT molecular complexity index is 1160. The second kappa shape index (κ2) is 8.80. The Morgan fingerprint density at radius 1 is 1.16 bits per heavy atom. The number of aromatic nitrogens is 4. The van der Waals surface area contributed by atoms with E-state index in [1.54, 1.807) is 35.0 Å². The molecule has 31 heavy (non-hydrogen) atoms. The summed E-state index contributed by atoms with van der Waals surface area (Å²) in [5.74, 6) is 1.16. The summed E-state index contributed by atoms with van der Waals surface area (Å²) >= 11 is 0. The van der Waals surface area contributed by atoms with Gasteiger partial charge in [-0.2, -0.15) is 19.6 Å².